The number of aromatic nitrogens is 1. The van der Waals surface area contributed by atoms with E-state index < -0.39 is 11.7 Å². The largest absolute Gasteiger partial charge is 0.436 e. The molecule has 1 heterocycles. The van der Waals surface area contributed by atoms with E-state index in [0.29, 0.717) is 23.1 Å². The van der Waals surface area contributed by atoms with Crippen LogP contribution in [0.5, 0.6) is 0 Å². The van der Waals surface area contributed by atoms with E-state index in [0.717, 1.165) is 11.1 Å². The molecule has 1 aromatic heterocycles. The molecule has 0 radical (unpaired) electrons. The topological polar surface area (TPSA) is 55.1 Å². The number of nitrogens with zero attached hydrogens (tertiary/aromatic N) is 1. The van der Waals surface area contributed by atoms with Crippen molar-refractivity contribution in [2.75, 3.05) is 5.32 Å². The smallest absolute Gasteiger partial charge is 0.258 e. The molecule has 0 aliphatic carbocycles. The Hall–Kier alpha value is -3.47. The molecular weight excluding hydrogens is 355 g/mol. The fourth-order valence-corrected chi connectivity index (χ4v) is 3.00. The fourth-order valence-electron chi connectivity index (χ4n) is 3.00. The van der Waals surface area contributed by atoms with Crippen LogP contribution < -0.4 is 5.32 Å². The van der Waals surface area contributed by atoms with E-state index in [-0.39, 0.29) is 5.56 Å². The number of anilines is 1. The number of benzene rings is 3. The lowest BCUT2D eigenvalue weighted by Gasteiger charge is -2.07. The molecule has 0 unspecified atom stereocenters. The molecule has 1 N–H and O–H groups in total. The van der Waals surface area contributed by atoms with Gasteiger partial charge in [0.2, 0.25) is 5.89 Å². The van der Waals surface area contributed by atoms with Gasteiger partial charge in [-0.2, -0.15) is 0 Å². The molecular formula is C23H19FN2O2. The van der Waals surface area contributed by atoms with Gasteiger partial charge in [0, 0.05) is 11.3 Å². The molecule has 0 aliphatic rings. The van der Waals surface area contributed by atoms with Crippen molar-refractivity contribution in [3.8, 4) is 11.5 Å². The molecule has 0 saturated heterocycles. The molecule has 4 aromatic rings. The molecule has 28 heavy (non-hydrogen) atoms. The molecule has 0 atom stereocenters. The van der Waals surface area contributed by atoms with Gasteiger partial charge in [-0.3, -0.25) is 4.79 Å². The van der Waals surface area contributed by atoms with E-state index in [1.807, 2.05) is 24.3 Å². The third-order valence-corrected chi connectivity index (χ3v) is 4.56. The minimum absolute atomic E-state index is 0.00372. The van der Waals surface area contributed by atoms with Gasteiger partial charge in [0.15, 0.2) is 5.58 Å². The Bertz CT molecular complexity index is 1160. The Morgan fingerprint density at radius 3 is 2.64 bits per heavy atom. The summed E-state index contributed by atoms with van der Waals surface area (Å²) in [5, 5.41) is 2.72. The van der Waals surface area contributed by atoms with Crippen LogP contribution in [-0.4, -0.2) is 10.9 Å². The number of hydrogen-bond donors (Lipinski definition) is 1. The monoisotopic (exact) mass is 374 g/mol. The van der Waals surface area contributed by atoms with Crippen molar-refractivity contribution in [2.45, 2.75) is 19.8 Å². The van der Waals surface area contributed by atoms with Crippen molar-refractivity contribution in [3.63, 3.8) is 0 Å². The third kappa shape index (κ3) is 3.51. The van der Waals surface area contributed by atoms with E-state index >= 15 is 0 Å². The number of fused-ring (bicyclic) bond motifs is 1. The van der Waals surface area contributed by atoms with Gasteiger partial charge in [-0.05, 0) is 53.9 Å². The molecule has 3 aromatic carbocycles. The average molecular weight is 374 g/mol. The van der Waals surface area contributed by atoms with Gasteiger partial charge in [0.05, 0.1) is 5.56 Å². The van der Waals surface area contributed by atoms with Crippen LogP contribution >= 0.6 is 0 Å². The number of carbonyl (C=O) groups is 1. The minimum atomic E-state index is -0.559. The van der Waals surface area contributed by atoms with Crippen LogP contribution in [0.2, 0.25) is 0 Å². The van der Waals surface area contributed by atoms with Crippen LogP contribution in [0.3, 0.4) is 0 Å². The zero-order valence-corrected chi connectivity index (χ0v) is 15.6. The molecule has 4 nitrogen and oxygen atoms in total. The number of hydrogen-bond acceptors (Lipinski definition) is 3. The van der Waals surface area contributed by atoms with Crippen LogP contribution in [-0.2, 0) is 0 Å². The van der Waals surface area contributed by atoms with E-state index in [1.54, 1.807) is 30.3 Å². The quantitative estimate of drug-likeness (QED) is 0.476. The Kier molecular flexibility index (Phi) is 4.65. The maximum atomic E-state index is 13.8. The zero-order chi connectivity index (χ0) is 19.7. The summed E-state index contributed by atoms with van der Waals surface area (Å²) in [7, 11) is 0. The summed E-state index contributed by atoms with van der Waals surface area (Å²) in [5.41, 5.74) is 3.96. The Labute approximate surface area is 162 Å². The highest BCUT2D eigenvalue weighted by Gasteiger charge is 2.13. The third-order valence-electron chi connectivity index (χ3n) is 4.56. The molecule has 140 valence electrons. The van der Waals surface area contributed by atoms with Crippen molar-refractivity contribution in [1.82, 2.24) is 4.98 Å². The first-order valence-electron chi connectivity index (χ1n) is 9.08. The number of nitrogens with one attached hydrogen (secondary N) is 1. The Morgan fingerprint density at radius 1 is 1.04 bits per heavy atom. The fraction of sp³-hybridized carbons (Fsp3) is 0.130. The molecule has 4 rings (SSSR count). The molecule has 0 saturated carbocycles. The predicted octanol–water partition coefficient (Wildman–Crippen LogP) is 6.01. The standard InChI is InChI=1S/C23H19FN2O2/c1-14(2)15-10-11-21-20(13-15)26-23(28-21)16-6-5-7-17(12-16)25-22(27)18-8-3-4-9-19(18)24/h3-14H,1-2H3,(H,25,27). The van der Waals surface area contributed by atoms with Crippen LogP contribution in [0.4, 0.5) is 10.1 Å². The lowest BCUT2D eigenvalue weighted by Crippen LogP contribution is -2.13. The van der Waals surface area contributed by atoms with Gasteiger partial charge in [-0.1, -0.05) is 38.1 Å². The van der Waals surface area contributed by atoms with Gasteiger partial charge in [-0.15, -0.1) is 0 Å². The predicted molar refractivity (Wildman–Crippen MR) is 108 cm³/mol. The highest BCUT2D eigenvalue weighted by molar-refractivity contribution is 6.04. The summed E-state index contributed by atoms with van der Waals surface area (Å²) in [6.45, 7) is 4.26. The van der Waals surface area contributed by atoms with E-state index in [4.69, 9.17) is 4.42 Å². The summed E-state index contributed by atoms with van der Waals surface area (Å²) in [6, 6.07) is 19.0. The van der Waals surface area contributed by atoms with Crippen molar-refractivity contribution < 1.29 is 13.6 Å². The van der Waals surface area contributed by atoms with Crippen molar-refractivity contribution in [2.24, 2.45) is 0 Å². The first kappa shape index (κ1) is 17.9. The second kappa shape index (κ2) is 7.27. The normalized spacial score (nSPS) is 11.1. The van der Waals surface area contributed by atoms with Gasteiger partial charge in [-0.25, -0.2) is 9.37 Å². The maximum absolute atomic E-state index is 13.8. The molecule has 0 bridgehead atoms. The molecule has 0 fully saturated rings. The van der Waals surface area contributed by atoms with E-state index in [9.17, 15) is 9.18 Å². The van der Waals surface area contributed by atoms with Crippen LogP contribution in [0.15, 0.2) is 71.1 Å². The van der Waals surface area contributed by atoms with Crippen molar-refractivity contribution in [1.29, 1.82) is 0 Å². The van der Waals surface area contributed by atoms with Crippen LogP contribution in [0.1, 0.15) is 35.7 Å². The highest BCUT2D eigenvalue weighted by atomic mass is 19.1. The Balaban J connectivity index is 1.63. The molecule has 1 amide bonds. The summed E-state index contributed by atoms with van der Waals surface area (Å²) < 4.78 is 19.7. The summed E-state index contributed by atoms with van der Waals surface area (Å²) in [6.07, 6.45) is 0. The summed E-state index contributed by atoms with van der Waals surface area (Å²) >= 11 is 0. The van der Waals surface area contributed by atoms with Gasteiger partial charge in [0.25, 0.3) is 5.91 Å². The molecule has 5 heteroatoms. The van der Waals surface area contributed by atoms with Gasteiger partial charge in [0.1, 0.15) is 11.3 Å². The number of oxazole rings is 1. The van der Waals surface area contributed by atoms with Crippen molar-refractivity contribution >= 4 is 22.7 Å². The molecule has 0 aliphatic heterocycles. The van der Waals surface area contributed by atoms with Crippen LogP contribution in [0.25, 0.3) is 22.6 Å². The SMILES string of the molecule is CC(C)c1ccc2oc(-c3cccc(NC(=O)c4ccccc4F)c3)nc2c1. The zero-order valence-electron chi connectivity index (χ0n) is 15.6. The summed E-state index contributed by atoms with van der Waals surface area (Å²) in [5.74, 6) is -0.190. The minimum Gasteiger partial charge on any atom is -0.436 e. The van der Waals surface area contributed by atoms with E-state index in [1.165, 1.54) is 17.7 Å². The second-order valence-corrected chi connectivity index (χ2v) is 6.92. The number of carbonyl (C=O) groups excluding carboxylic acids is 1. The lowest BCUT2D eigenvalue weighted by atomic mass is 10.0. The number of rotatable bonds is 4. The Morgan fingerprint density at radius 2 is 1.86 bits per heavy atom. The van der Waals surface area contributed by atoms with Crippen molar-refractivity contribution in [3.05, 3.63) is 83.7 Å². The average Bonchev–Trinajstić information content (AvgIpc) is 3.12. The first-order chi connectivity index (χ1) is 13.5. The highest BCUT2D eigenvalue weighted by Crippen LogP contribution is 2.28. The maximum Gasteiger partial charge on any atom is 0.258 e. The number of halogens is 1. The lowest BCUT2D eigenvalue weighted by molar-refractivity contribution is 0.102. The first-order valence-corrected chi connectivity index (χ1v) is 9.08. The molecule has 0 spiro atoms. The summed E-state index contributed by atoms with van der Waals surface area (Å²) in [4.78, 5) is 16.9. The van der Waals surface area contributed by atoms with Crippen LogP contribution in [0, 0.1) is 5.82 Å². The van der Waals surface area contributed by atoms with Gasteiger partial charge < -0.3 is 9.73 Å². The van der Waals surface area contributed by atoms with E-state index in [2.05, 4.69) is 24.1 Å². The second-order valence-electron chi connectivity index (χ2n) is 6.92. The number of amides is 1. The van der Waals surface area contributed by atoms with Gasteiger partial charge >= 0.3 is 0 Å².